The first kappa shape index (κ1) is 11.8. The average molecular weight is 231 g/mol. The second kappa shape index (κ2) is 4.06. The summed E-state index contributed by atoms with van der Waals surface area (Å²) in [6.07, 6.45) is -4.67. The van der Waals surface area contributed by atoms with E-state index in [9.17, 15) is 21.6 Å². The summed E-state index contributed by atoms with van der Waals surface area (Å²) in [6, 6.07) is -0.303. The third-order valence-electron chi connectivity index (χ3n) is 2.07. The molecule has 3 nitrogen and oxygen atoms in total. The molecule has 1 fully saturated rings. The highest BCUT2D eigenvalue weighted by molar-refractivity contribution is 7.91. The first-order valence-electron chi connectivity index (χ1n) is 4.29. The zero-order chi connectivity index (χ0) is 10.8. The number of alkyl halides is 3. The first-order valence-corrected chi connectivity index (χ1v) is 6.11. The average Bonchev–Trinajstić information content (AvgIpc) is 2.27. The highest BCUT2D eigenvalue weighted by Crippen LogP contribution is 2.19. The minimum atomic E-state index is -4.18. The highest BCUT2D eigenvalue weighted by atomic mass is 32.2. The molecule has 0 aromatic heterocycles. The molecule has 14 heavy (non-hydrogen) atoms. The summed E-state index contributed by atoms with van der Waals surface area (Å²) in [5.74, 6) is 0.0432. The lowest BCUT2D eigenvalue weighted by atomic mass is 10.2. The number of nitrogens with one attached hydrogen (secondary N) is 1. The van der Waals surface area contributed by atoms with Crippen molar-refractivity contribution in [3.8, 4) is 0 Å². The summed E-state index contributed by atoms with van der Waals surface area (Å²) in [6.45, 7) is -0.205. The van der Waals surface area contributed by atoms with Crippen molar-refractivity contribution in [3.05, 3.63) is 0 Å². The van der Waals surface area contributed by atoms with Crippen LogP contribution in [0.2, 0.25) is 0 Å². The molecule has 1 aliphatic rings. The molecule has 1 rings (SSSR count). The van der Waals surface area contributed by atoms with Crippen LogP contribution in [0.5, 0.6) is 0 Å². The van der Waals surface area contributed by atoms with Crippen LogP contribution in [0, 0.1) is 0 Å². The standard InChI is InChI=1S/C7H12F3NO2S/c8-7(9,10)2-3-11-6-1-4-14(12,13)5-6/h6,11H,1-5H2. The van der Waals surface area contributed by atoms with Crippen molar-refractivity contribution in [2.75, 3.05) is 18.1 Å². The Labute approximate surface area is 80.6 Å². The summed E-state index contributed by atoms with van der Waals surface area (Å²) in [5.41, 5.74) is 0. The number of hydrogen-bond donors (Lipinski definition) is 1. The van der Waals surface area contributed by atoms with Gasteiger partial charge in [0.2, 0.25) is 0 Å². The van der Waals surface area contributed by atoms with Crippen molar-refractivity contribution < 1.29 is 21.6 Å². The van der Waals surface area contributed by atoms with Crippen LogP contribution in [-0.2, 0) is 9.84 Å². The van der Waals surface area contributed by atoms with Crippen molar-refractivity contribution in [1.82, 2.24) is 5.32 Å². The maximum Gasteiger partial charge on any atom is 0.390 e. The molecule has 1 aliphatic heterocycles. The minimum absolute atomic E-state index is 0.0368. The smallest absolute Gasteiger partial charge is 0.313 e. The molecule has 0 amide bonds. The molecule has 0 aliphatic carbocycles. The summed E-state index contributed by atoms with van der Waals surface area (Å²) in [4.78, 5) is 0. The van der Waals surface area contributed by atoms with Crippen LogP contribution >= 0.6 is 0 Å². The number of sulfone groups is 1. The second-order valence-electron chi connectivity index (χ2n) is 3.42. The lowest BCUT2D eigenvalue weighted by Gasteiger charge is -2.11. The lowest BCUT2D eigenvalue weighted by molar-refractivity contribution is -0.133. The predicted molar refractivity (Wildman–Crippen MR) is 45.7 cm³/mol. The molecule has 1 N–H and O–H groups in total. The van der Waals surface area contributed by atoms with Gasteiger partial charge in [0.1, 0.15) is 0 Å². The quantitative estimate of drug-likeness (QED) is 0.778. The van der Waals surface area contributed by atoms with Gasteiger partial charge < -0.3 is 5.32 Å². The predicted octanol–water partition coefficient (Wildman–Crippen LogP) is 0.716. The zero-order valence-electron chi connectivity index (χ0n) is 7.47. The van der Waals surface area contributed by atoms with E-state index in [0.717, 1.165) is 0 Å². The first-order chi connectivity index (χ1) is 6.29. The zero-order valence-corrected chi connectivity index (χ0v) is 8.29. The van der Waals surface area contributed by atoms with E-state index >= 15 is 0 Å². The lowest BCUT2D eigenvalue weighted by Crippen LogP contribution is -2.32. The van der Waals surface area contributed by atoms with Crippen LogP contribution in [0.3, 0.4) is 0 Å². The Hall–Kier alpha value is -0.300. The summed E-state index contributed by atoms with van der Waals surface area (Å²) >= 11 is 0. The topological polar surface area (TPSA) is 46.2 Å². The van der Waals surface area contributed by atoms with Gasteiger partial charge in [0.05, 0.1) is 17.9 Å². The molecule has 1 atom stereocenters. The molecule has 0 spiro atoms. The monoisotopic (exact) mass is 231 g/mol. The molecular weight excluding hydrogens is 219 g/mol. The molecule has 7 heteroatoms. The van der Waals surface area contributed by atoms with Crippen molar-refractivity contribution in [2.45, 2.75) is 25.1 Å². The van der Waals surface area contributed by atoms with Crippen LogP contribution in [0.15, 0.2) is 0 Å². The van der Waals surface area contributed by atoms with Gasteiger partial charge in [-0.1, -0.05) is 0 Å². The Bertz CT molecular complexity index is 286. The molecular formula is C7H12F3NO2S. The van der Waals surface area contributed by atoms with Crippen LogP contribution in [0.25, 0.3) is 0 Å². The van der Waals surface area contributed by atoms with Crippen molar-refractivity contribution in [3.63, 3.8) is 0 Å². The van der Waals surface area contributed by atoms with Gasteiger partial charge in [0.25, 0.3) is 0 Å². The van der Waals surface area contributed by atoms with E-state index in [1.165, 1.54) is 0 Å². The normalized spacial score (nSPS) is 26.6. The van der Waals surface area contributed by atoms with Crippen LogP contribution in [-0.4, -0.2) is 38.7 Å². The number of halogens is 3. The van der Waals surface area contributed by atoms with E-state index in [0.29, 0.717) is 6.42 Å². The van der Waals surface area contributed by atoms with E-state index in [1.54, 1.807) is 0 Å². The van der Waals surface area contributed by atoms with Crippen molar-refractivity contribution in [1.29, 1.82) is 0 Å². The number of hydrogen-bond acceptors (Lipinski definition) is 3. The van der Waals surface area contributed by atoms with E-state index in [4.69, 9.17) is 0 Å². The Morgan fingerprint density at radius 1 is 1.36 bits per heavy atom. The third kappa shape index (κ3) is 4.28. The van der Waals surface area contributed by atoms with Crippen molar-refractivity contribution >= 4 is 9.84 Å². The van der Waals surface area contributed by atoms with Gasteiger partial charge in [0.15, 0.2) is 9.84 Å². The second-order valence-corrected chi connectivity index (χ2v) is 5.65. The Kier molecular flexibility index (Phi) is 3.41. The molecule has 0 aromatic carbocycles. The Balaban J connectivity index is 2.22. The Morgan fingerprint density at radius 2 is 2.00 bits per heavy atom. The van der Waals surface area contributed by atoms with Gasteiger partial charge in [-0.3, -0.25) is 0 Å². The SMILES string of the molecule is O=S1(=O)CCC(NCCC(F)(F)F)C1. The molecule has 0 saturated carbocycles. The number of rotatable bonds is 3. The van der Waals surface area contributed by atoms with Gasteiger partial charge >= 0.3 is 6.18 Å². The van der Waals surface area contributed by atoms with Crippen LogP contribution in [0.4, 0.5) is 13.2 Å². The van der Waals surface area contributed by atoms with E-state index in [-0.39, 0.29) is 24.1 Å². The van der Waals surface area contributed by atoms with Crippen LogP contribution in [0.1, 0.15) is 12.8 Å². The molecule has 1 unspecified atom stereocenters. The van der Waals surface area contributed by atoms with Gasteiger partial charge in [-0.15, -0.1) is 0 Å². The summed E-state index contributed by atoms with van der Waals surface area (Å²) in [7, 11) is -3.01. The van der Waals surface area contributed by atoms with E-state index in [2.05, 4.69) is 5.32 Å². The highest BCUT2D eigenvalue weighted by Gasteiger charge is 2.30. The van der Waals surface area contributed by atoms with Crippen LogP contribution < -0.4 is 5.32 Å². The molecule has 1 saturated heterocycles. The van der Waals surface area contributed by atoms with E-state index in [1.807, 2.05) is 0 Å². The van der Waals surface area contributed by atoms with Gasteiger partial charge in [-0.05, 0) is 6.42 Å². The maximum absolute atomic E-state index is 11.7. The summed E-state index contributed by atoms with van der Waals surface area (Å²) < 4.78 is 57.0. The molecule has 0 aromatic rings. The molecule has 1 heterocycles. The largest absolute Gasteiger partial charge is 0.390 e. The van der Waals surface area contributed by atoms with Crippen molar-refractivity contribution in [2.24, 2.45) is 0 Å². The molecule has 0 radical (unpaired) electrons. The van der Waals surface area contributed by atoms with Gasteiger partial charge in [-0.25, -0.2) is 8.42 Å². The third-order valence-corrected chi connectivity index (χ3v) is 3.84. The van der Waals surface area contributed by atoms with Gasteiger partial charge in [-0.2, -0.15) is 13.2 Å². The Morgan fingerprint density at radius 3 is 2.43 bits per heavy atom. The van der Waals surface area contributed by atoms with E-state index < -0.39 is 22.4 Å². The molecule has 0 bridgehead atoms. The fourth-order valence-electron chi connectivity index (χ4n) is 1.37. The minimum Gasteiger partial charge on any atom is -0.313 e. The fourth-order valence-corrected chi connectivity index (χ4v) is 3.08. The summed E-state index contributed by atoms with van der Waals surface area (Å²) in [5, 5.41) is 2.59. The van der Waals surface area contributed by atoms with Gasteiger partial charge in [0, 0.05) is 12.6 Å². The maximum atomic E-state index is 11.7. The fraction of sp³-hybridized carbons (Fsp3) is 1.00. The molecule has 84 valence electrons.